The minimum Gasteiger partial charge on any atom is -0.258 e. The Morgan fingerprint density at radius 3 is 2.56 bits per heavy atom. The van der Waals surface area contributed by atoms with Gasteiger partial charge in [-0.3, -0.25) is 10.1 Å². The summed E-state index contributed by atoms with van der Waals surface area (Å²) in [6, 6.07) is 3.42. The van der Waals surface area contributed by atoms with Crippen molar-refractivity contribution in [3.63, 3.8) is 0 Å². The van der Waals surface area contributed by atoms with E-state index in [1.54, 1.807) is 0 Å². The Labute approximate surface area is 107 Å². The van der Waals surface area contributed by atoms with Crippen molar-refractivity contribution in [3.8, 4) is 0 Å². The fourth-order valence-corrected chi connectivity index (χ4v) is 2.22. The number of rotatable bonds is 1. The van der Waals surface area contributed by atoms with Crippen LogP contribution in [-0.2, 0) is 6.18 Å². The molecule has 0 N–H and O–H groups in total. The Hall–Kier alpha value is -1.70. The highest BCUT2D eigenvalue weighted by Gasteiger charge is 2.34. The Balaban J connectivity index is 2.90. The van der Waals surface area contributed by atoms with Gasteiger partial charge in [0.1, 0.15) is 10.7 Å². The maximum atomic E-state index is 12.8. The molecule has 18 heavy (non-hydrogen) atoms. The number of hydrogen-bond acceptors (Lipinski definition) is 3. The van der Waals surface area contributed by atoms with Gasteiger partial charge in [-0.15, -0.1) is 0 Å². The summed E-state index contributed by atoms with van der Waals surface area (Å²) < 4.78 is 38.2. The molecule has 0 spiro atoms. The average molecular weight is 321 g/mol. The highest BCUT2D eigenvalue weighted by atomic mass is 79.9. The largest absolute Gasteiger partial charge is 0.417 e. The van der Waals surface area contributed by atoms with Crippen LogP contribution in [0.2, 0.25) is 0 Å². The predicted molar refractivity (Wildman–Crippen MR) is 61.1 cm³/mol. The Bertz CT molecular complexity index is 643. The molecule has 0 aliphatic rings. The molecule has 0 fully saturated rings. The second-order valence-corrected chi connectivity index (χ2v) is 4.20. The van der Waals surface area contributed by atoms with Crippen molar-refractivity contribution < 1.29 is 18.1 Å². The van der Waals surface area contributed by atoms with Crippen LogP contribution < -0.4 is 0 Å². The summed E-state index contributed by atoms with van der Waals surface area (Å²) in [5.41, 5.74) is -1.41. The standard InChI is InChI=1S/C10H4BrF3N2O2/c11-9-7(16(17)18)4-15-6-3-1-2-5(8(6)9)10(12,13)14/h1-4H. The topological polar surface area (TPSA) is 56.0 Å². The molecule has 0 bridgehead atoms. The number of pyridine rings is 1. The van der Waals surface area contributed by atoms with E-state index in [-0.39, 0.29) is 15.4 Å². The molecule has 0 radical (unpaired) electrons. The van der Waals surface area contributed by atoms with Gasteiger partial charge in [0.2, 0.25) is 0 Å². The SMILES string of the molecule is O=[N+]([O-])c1cnc2cccc(C(F)(F)F)c2c1Br. The van der Waals surface area contributed by atoms with Crippen molar-refractivity contribution >= 4 is 32.5 Å². The third kappa shape index (κ3) is 2.03. The van der Waals surface area contributed by atoms with Crippen molar-refractivity contribution in [2.24, 2.45) is 0 Å². The fraction of sp³-hybridized carbons (Fsp3) is 0.100. The van der Waals surface area contributed by atoms with Crippen LogP contribution in [0.15, 0.2) is 28.9 Å². The van der Waals surface area contributed by atoms with Gasteiger partial charge >= 0.3 is 11.9 Å². The Morgan fingerprint density at radius 1 is 1.33 bits per heavy atom. The van der Waals surface area contributed by atoms with Crippen LogP contribution in [0.4, 0.5) is 18.9 Å². The smallest absolute Gasteiger partial charge is 0.258 e. The minimum absolute atomic E-state index is 0.0438. The summed E-state index contributed by atoms with van der Waals surface area (Å²) in [7, 11) is 0. The van der Waals surface area contributed by atoms with E-state index in [1.165, 1.54) is 12.1 Å². The van der Waals surface area contributed by atoms with Gasteiger partial charge in [-0.1, -0.05) is 6.07 Å². The molecule has 1 aromatic heterocycles. The molecule has 0 aliphatic carbocycles. The van der Waals surface area contributed by atoms with Gasteiger partial charge in [-0.25, -0.2) is 4.98 Å². The third-order valence-electron chi connectivity index (χ3n) is 2.31. The third-order valence-corrected chi connectivity index (χ3v) is 3.12. The Kier molecular flexibility index (Phi) is 2.97. The lowest BCUT2D eigenvalue weighted by molar-refractivity contribution is -0.385. The van der Waals surface area contributed by atoms with Crippen molar-refractivity contribution in [2.45, 2.75) is 6.18 Å². The molecule has 8 heteroatoms. The first-order valence-corrected chi connectivity index (χ1v) is 5.40. The lowest BCUT2D eigenvalue weighted by Gasteiger charge is -2.10. The van der Waals surface area contributed by atoms with E-state index in [9.17, 15) is 23.3 Å². The minimum atomic E-state index is -4.60. The van der Waals surface area contributed by atoms with Crippen molar-refractivity contribution in [1.29, 1.82) is 0 Å². The zero-order valence-corrected chi connectivity index (χ0v) is 10.1. The van der Waals surface area contributed by atoms with Gasteiger partial charge in [0, 0.05) is 5.39 Å². The van der Waals surface area contributed by atoms with Gasteiger partial charge in [-0.05, 0) is 28.1 Å². The molecule has 2 rings (SSSR count). The van der Waals surface area contributed by atoms with Crippen molar-refractivity contribution in [3.05, 3.63) is 44.5 Å². The van der Waals surface area contributed by atoms with E-state index in [2.05, 4.69) is 20.9 Å². The number of nitrogens with zero attached hydrogens (tertiary/aromatic N) is 2. The van der Waals surface area contributed by atoms with Gasteiger partial charge in [0.25, 0.3) is 0 Å². The first-order valence-electron chi connectivity index (χ1n) is 4.61. The number of hydrogen-bond donors (Lipinski definition) is 0. The van der Waals surface area contributed by atoms with Crippen LogP contribution in [0.5, 0.6) is 0 Å². The first kappa shape index (κ1) is 12.7. The molecule has 0 amide bonds. The molecule has 0 unspecified atom stereocenters. The molecule has 2 aromatic rings. The average Bonchev–Trinajstić information content (AvgIpc) is 2.27. The lowest BCUT2D eigenvalue weighted by atomic mass is 10.1. The Morgan fingerprint density at radius 2 is 2.00 bits per heavy atom. The highest BCUT2D eigenvalue weighted by Crippen LogP contribution is 2.40. The molecule has 0 saturated heterocycles. The van der Waals surface area contributed by atoms with E-state index < -0.39 is 22.4 Å². The molecular weight excluding hydrogens is 317 g/mol. The first-order chi connectivity index (χ1) is 8.32. The van der Waals surface area contributed by atoms with E-state index in [0.29, 0.717) is 0 Å². The van der Waals surface area contributed by atoms with Gasteiger partial charge in [0.05, 0.1) is 16.0 Å². The maximum Gasteiger partial charge on any atom is 0.417 e. The quantitative estimate of drug-likeness (QED) is 0.591. The van der Waals surface area contributed by atoms with Crippen LogP contribution in [0.3, 0.4) is 0 Å². The monoisotopic (exact) mass is 320 g/mol. The van der Waals surface area contributed by atoms with E-state index >= 15 is 0 Å². The molecule has 4 nitrogen and oxygen atoms in total. The van der Waals surface area contributed by atoms with Gasteiger partial charge < -0.3 is 0 Å². The fourth-order valence-electron chi connectivity index (χ4n) is 1.56. The number of halogens is 4. The van der Waals surface area contributed by atoms with Gasteiger partial charge in [-0.2, -0.15) is 13.2 Å². The van der Waals surface area contributed by atoms with E-state index in [1.807, 2.05) is 0 Å². The number of nitro groups is 1. The molecular formula is C10H4BrF3N2O2. The normalized spacial score (nSPS) is 11.8. The van der Waals surface area contributed by atoms with Crippen LogP contribution >= 0.6 is 15.9 Å². The zero-order valence-electron chi connectivity index (χ0n) is 8.53. The molecule has 0 saturated carbocycles. The van der Waals surface area contributed by atoms with E-state index in [4.69, 9.17) is 0 Å². The molecule has 94 valence electrons. The summed E-state index contributed by atoms with van der Waals surface area (Å²) in [5.74, 6) is 0. The number of alkyl halides is 3. The molecule has 0 aliphatic heterocycles. The summed E-state index contributed by atoms with van der Waals surface area (Å²) >= 11 is 2.84. The molecule has 1 heterocycles. The summed E-state index contributed by atoms with van der Waals surface area (Å²) in [6.45, 7) is 0. The zero-order chi connectivity index (χ0) is 13.5. The second-order valence-electron chi connectivity index (χ2n) is 3.41. The van der Waals surface area contributed by atoms with Crippen LogP contribution in [0.25, 0.3) is 10.9 Å². The van der Waals surface area contributed by atoms with Crippen LogP contribution in [-0.4, -0.2) is 9.91 Å². The second kappa shape index (κ2) is 4.20. The van der Waals surface area contributed by atoms with Crippen molar-refractivity contribution in [1.82, 2.24) is 4.98 Å². The summed E-state index contributed by atoms with van der Waals surface area (Å²) in [6.07, 6.45) is -3.68. The molecule has 0 atom stereocenters. The van der Waals surface area contributed by atoms with E-state index in [0.717, 1.165) is 12.3 Å². The summed E-state index contributed by atoms with van der Waals surface area (Å²) in [4.78, 5) is 13.6. The number of aromatic nitrogens is 1. The van der Waals surface area contributed by atoms with Crippen LogP contribution in [0, 0.1) is 10.1 Å². The van der Waals surface area contributed by atoms with Crippen molar-refractivity contribution in [2.75, 3.05) is 0 Å². The predicted octanol–water partition coefficient (Wildman–Crippen LogP) is 3.92. The maximum absolute atomic E-state index is 12.8. The highest BCUT2D eigenvalue weighted by molar-refractivity contribution is 9.10. The lowest BCUT2D eigenvalue weighted by Crippen LogP contribution is -2.06. The summed E-state index contributed by atoms with van der Waals surface area (Å²) in [5, 5.41) is 10.4. The van der Waals surface area contributed by atoms with Gasteiger partial charge in [0.15, 0.2) is 0 Å². The van der Waals surface area contributed by atoms with Crippen LogP contribution in [0.1, 0.15) is 5.56 Å². The number of fused-ring (bicyclic) bond motifs is 1. The number of benzene rings is 1. The molecule has 1 aromatic carbocycles.